The first-order valence-corrected chi connectivity index (χ1v) is 21.4. The summed E-state index contributed by atoms with van der Waals surface area (Å²) in [7, 11) is 0. The third-order valence-corrected chi connectivity index (χ3v) is 10.4. The standard InChI is InChI=1S/C53H60O6/c1-4-6-8-10-12-14-16-18-39-56-48-35-31-44(32-36-48)42-23-27-46(28-24-42)52(54)58-50-21-20-22-51(41(50)3)59-53(55)47-29-25-43(26-30-47)45-33-37-49(38-34-45)57-40-19-17-15-13-11-9-7-5-2/h4-5,20-38H,1-2,6-19,39-40H2,3H3. The topological polar surface area (TPSA) is 71.1 Å². The first-order valence-electron chi connectivity index (χ1n) is 21.4. The zero-order valence-electron chi connectivity index (χ0n) is 34.8. The van der Waals surface area contributed by atoms with Crippen LogP contribution in [0.1, 0.15) is 116 Å². The number of hydrogen-bond acceptors (Lipinski definition) is 6. The minimum atomic E-state index is -0.500. The molecule has 6 heteroatoms. The Bertz CT molecular complexity index is 1880. The first kappa shape index (κ1) is 44.2. The quantitative estimate of drug-likeness (QED) is 0.0240. The molecule has 0 bridgehead atoms. The van der Waals surface area contributed by atoms with Gasteiger partial charge in [0.15, 0.2) is 0 Å². The van der Waals surface area contributed by atoms with Gasteiger partial charge in [0.05, 0.1) is 24.3 Å². The molecule has 0 atom stereocenters. The van der Waals surface area contributed by atoms with E-state index >= 15 is 0 Å². The van der Waals surface area contributed by atoms with Crippen LogP contribution in [0.4, 0.5) is 0 Å². The van der Waals surface area contributed by atoms with E-state index in [4.69, 9.17) is 18.9 Å². The van der Waals surface area contributed by atoms with Crippen molar-refractivity contribution in [3.8, 4) is 45.3 Å². The summed E-state index contributed by atoms with van der Waals surface area (Å²) in [6.07, 6.45) is 20.7. The lowest BCUT2D eigenvalue weighted by molar-refractivity contribution is 0.0730. The van der Waals surface area contributed by atoms with Crippen molar-refractivity contribution in [3.05, 3.63) is 157 Å². The van der Waals surface area contributed by atoms with Crippen LogP contribution < -0.4 is 18.9 Å². The van der Waals surface area contributed by atoms with Crippen LogP contribution in [-0.4, -0.2) is 25.2 Å². The summed E-state index contributed by atoms with van der Waals surface area (Å²) in [5.41, 5.74) is 5.38. The van der Waals surface area contributed by atoms with Crippen LogP contribution in [0.5, 0.6) is 23.0 Å². The Kier molecular flexibility index (Phi) is 18.6. The lowest BCUT2D eigenvalue weighted by Gasteiger charge is -2.12. The molecule has 59 heavy (non-hydrogen) atoms. The second-order valence-electron chi connectivity index (χ2n) is 15.0. The third-order valence-electron chi connectivity index (χ3n) is 10.4. The SMILES string of the molecule is C=CCCCCCCCCOc1ccc(-c2ccc(C(=O)Oc3cccc(OC(=O)c4ccc(-c5ccc(OCCCCCCCCC=C)cc5)cc4)c3C)cc2)cc1. The van der Waals surface area contributed by atoms with Gasteiger partial charge in [-0.1, -0.05) is 118 Å². The molecule has 0 saturated carbocycles. The van der Waals surface area contributed by atoms with Gasteiger partial charge in [-0.2, -0.15) is 0 Å². The fourth-order valence-electron chi connectivity index (χ4n) is 6.79. The molecule has 0 amide bonds. The zero-order chi connectivity index (χ0) is 41.5. The van der Waals surface area contributed by atoms with E-state index < -0.39 is 11.9 Å². The number of unbranched alkanes of at least 4 members (excludes halogenated alkanes) is 12. The van der Waals surface area contributed by atoms with Crippen molar-refractivity contribution in [2.75, 3.05) is 13.2 Å². The van der Waals surface area contributed by atoms with E-state index in [2.05, 4.69) is 13.2 Å². The molecule has 0 spiro atoms. The molecule has 0 N–H and O–H groups in total. The summed E-state index contributed by atoms with van der Waals surface area (Å²) >= 11 is 0. The average molecular weight is 793 g/mol. The molecule has 5 aromatic rings. The Morgan fingerprint density at radius 3 is 1.12 bits per heavy atom. The van der Waals surface area contributed by atoms with Crippen molar-refractivity contribution in [3.63, 3.8) is 0 Å². The van der Waals surface area contributed by atoms with Crippen LogP contribution in [0.2, 0.25) is 0 Å². The summed E-state index contributed by atoms with van der Waals surface area (Å²) < 4.78 is 23.4. The minimum absolute atomic E-state index is 0.321. The molecular formula is C53H60O6. The Balaban J connectivity index is 1.05. The fraction of sp³-hybridized carbons (Fsp3) is 0.321. The van der Waals surface area contributed by atoms with E-state index in [1.54, 1.807) is 49.4 Å². The van der Waals surface area contributed by atoms with Gasteiger partial charge in [0.25, 0.3) is 0 Å². The number of carbonyl (C=O) groups excluding carboxylic acids is 2. The minimum Gasteiger partial charge on any atom is -0.494 e. The summed E-state index contributed by atoms with van der Waals surface area (Å²) in [4.78, 5) is 26.3. The van der Waals surface area contributed by atoms with Gasteiger partial charge in [0.2, 0.25) is 0 Å². The summed E-state index contributed by atoms with van der Waals surface area (Å²) in [6, 6.07) is 35.7. The van der Waals surface area contributed by atoms with Crippen molar-refractivity contribution in [2.45, 2.75) is 96.8 Å². The normalized spacial score (nSPS) is 10.8. The van der Waals surface area contributed by atoms with Gasteiger partial charge in [-0.15, -0.1) is 13.2 Å². The maximum Gasteiger partial charge on any atom is 0.343 e. The number of ether oxygens (including phenoxy) is 4. The lowest BCUT2D eigenvalue weighted by atomic mass is 10.0. The number of rotatable bonds is 26. The second-order valence-corrected chi connectivity index (χ2v) is 15.0. The molecule has 0 aliphatic rings. The van der Waals surface area contributed by atoms with E-state index in [1.807, 2.05) is 84.9 Å². The number of hydrogen-bond donors (Lipinski definition) is 0. The highest BCUT2D eigenvalue weighted by molar-refractivity contribution is 5.93. The van der Waals surface area contributed by atoms with E-state index in [0.717, 1.165) is 59.4 Å². The van der Waals surface area contributed by atoms with Crippen LogP contribution in [-0.2, 0) is 0 Å². The first-order chi connectivity index (χ1) is 28.9. The van der Waals surface area contributed by atoms with E-state index in [1.165, 1.54) is 64.2 Å². The van der Waals surface area contributed by atoms with Crippen LogP contribution in [0.15, 0.2) is 141 Å². The molecule has 0 aromatic heterocycles. The molecule has 0 radical (unpaired) electrons. The zero-order valence-corrected chi connectivity index (χ0v) is 34.8. The van der Waals surface area contributed by atoms with E-state index in [9.17, 15) is 9.59 Å². The molecular weight excluding hydrogens is 733 g/mol. The predicted octanol–water partition coefficient (Wildman–Crippen LogP) is 14.4. The average Bonchev–Trinajstić information content (AvgIpc) is 3.27. The second kappa shape index (κ2) is 24.8. The third kappa shape index (κ3) is 14.8. The van der Waals surface area contributed by atoms with Crippen molar-refractivity contribution in [1.82, 2.24) is 0 Å². The highest BCUT2D eigenvalue weighted by Crippen LogP contribution is 2.30. The Hall–Kier alpha value is -5.88. The van der Waals surface area contributed by atoms with E-state index in [-0.39, 0.29) is 0 Å². The van der Waals surface area contributed by atoms with Crippen molar-refractivity contribution < 1.29 is 28.5 Å². The maximum absolute atomic E-state index is 13.2. The number of esters is 2. The van der Waals surface area contributed by atoms with Gasteiger partial charge in [-0.05, 0) is 128 Å². The van der Waals surface area contributed by atoms with Gasteiger partial charge < -0.3 is 18.9 Å². The van der Waals surface area contributed by atoms with Crippen LogP contribution in [0, 0.1) is 6.92 Å². The molecule has 0 aliphatic carbocycles. The molecule has 0 unspecified atom stereocenters. The van der Waals surface area contributed by atoms with Gasteiger partial charge in [0.1, 0.15) is 23.0 Å². The monoisotopic (exact) mass is 792 g/mol. The summed E-state index contributed by atoms with van der Waals surface area (Å²) in [5, 5.41) is 0. The van der Waals surface area contributed by atoms with Crippen molar-refractivity contribution in [1.29, 1.82) is 0 Å². The largest absolute Gasteiger partial charge is 0.494 e. The van der Waals surface area contributed by atoms with Crippen molar-refractivity contribution in [2.24, 2.45) is 0 Å². The number of benzene rings is 5. The Morgan fingerprint density at radius 1 is 0.441 bits per heavy atom. The highest BCUT2D eigenvalue weighted by atomic mass is 16.5. The Morgan fingerprint density at radius 2 is 0.763 bits per heavy atom. The van der Waals surface area contributed by atoms with Crippen LogP contribution >= 0.6 is 0 Å². The lowest BCUT2D eigenvalue weighted by Crippen LogP contribution is -2.12. The number of carbonyl (C=O) groups is 2. The molecule has 0 saturated heterocycles. The fourth-order valence-corrected chi connectivity index (χ4v) is 6.79. The molecule has 0 heterocycles. The van der Waals surface area contributed by atoms with Crippen LogP contribution in [0.25, 0.3) is 22.3 Å². The molecule has 6 nitrogen and oxygen atoms in total. The molecule has 308 valence electrons. The summed E-state index contributed by atoms with van der Waals surface area (Å²) in [6.45, 7) is 10.8. The van der Waals surface area contributed by atoms with Crippen molar-refractivity contribution >= 4 is 11.9 Å². The number of allylic oxidation sites excluding steroid dienone is 2. The molecule has 0 fully saturated rings. The van der Waals surface area contributed by atoms with E-state index in [0.29, 0.717) is 41.4 Å². The smallest absolute Gasteiger partial charge is 0.343 e. The summed E-state index contributed by atoms with van der Waals surface area (Å²) in [5.74, 6) is 1.35. The molecule has 0 aliphatic heterocycles. The Labute approximate surface area is 351 Å². The molecule has 5 aromatic carbocycles. The molecule has 5 rings (SSSR count). The maximum atomic E-state index is 13.2. The van der Waals surface area contributed by atoms with Gasteiger partial charge in [-0.3, -0.25) is 0 Å². The van der Waals surface area contributed by atoms with Crippen LogP contribution in [0.3, 0.4) is 0 Å². The highest BCUT2D eigenvalue weighted by Gasteiger charge is 2.16. The van der Waals surface area contributed by atoms with Gasteiger partial charge in [0, 0.05) is 5.56 Å². The van der Waals surface area contributed by atoms with Gasteiger partial charge >= 0.3 is 11.9 Å². The predicted molar refractivity (Wildman–Crippen MR) is 241 cm³/mol. The van der Waals surface area contributed by atoms with Gasteiger partial charge in [-0.25, -0.2) is 9.59 Å².